The van der Waals surface area contributed by atoms with Gasteiger partial charge in [-0.15, -0.1) is 0 Å². The van der Waals surface area contributed by atoms with Crippen molar-refractivity contribution in [1.29, 1.82) is 0 Å². The molecule has 4 N–H and O–H groups in total. The molecule has 7 nitrogen and oxygen atoms in total. The van der Waals surface area contributed by atoms with Gasteiger partial charge in [0.1, 0.15) is 11.6 Å². The third kappa shape index (κ3) is 2.67. The molecule has 0 amide bonds. The van der Waals surface area contributed by atoms with E-state index in [-0.39, 0.29) is 11.6 Å². The van der Waals surface area contributed by atoms with Gasteiger partial charge in [-0.2, -0.15) is 19.6 Å². The van der Waals surface area contributed by atoms with Gasteiger partial charge in [0.15, 0.2) is 11.4 Å². The molecule has 25 heavy (non-hydrogen) atoms. The quantitative estimate of drug-likeness (QED) is 0.556. The van der Waals surface area contributed by atoms with Crippen LogP contribution in [0.2, 0.25) is 0 Å². The predicted molar refractivity (Wildman–Crippen MR) is 91.3 cm³/mol. The van der Waals surface area contributed by atoms with E-state index in [0.717, 1.165) is 16.9 Å². The first-order valence-corrected chi connectivity index (χ1v) is 7.62. The standard InChI is InChI=1S/C17H15FN6O/c1-9-2-5-14(25-9)16-23-17(20)22-15-11(8-21-24(15)16)6-10-3-4-13(19)12(18)7-10/h2-5,7-8H,6,19H2,1H3,(H2,20,22). The molecular weight excluding hydrogens is 323 g/mol. The number of furan rings is 1. The van der Waals surface area contributed by atoms with Crippen LogP contribution in [-0.4, -0.2) is 19.6 Å². The number of hydrogen-bond donors (Lipinski definition) is 2. The number of benzene rings is 1. The minimum atomic E-state index is -0.449. The molecule has 126 valence electrons. The number of anilines is 2. The van der Waals surface area contributed by atoms with Crippen molar-refractivity contribution in [3.63, 3.8) is 0 Å². The number of nitrogens with two attached hydrogens (primary N) is 2. The van der Waals surface area contributed by atoms with Gasteiger partial charge in [-0.25, -0.2) is 4.39 Å². The van der Waals surface area contributed by atoms with Crippen molar-refractivity contribution in [3.8, 4) is 11.6 Å². The normalized spacial score (nSPS) is 11.3. The molecule has 0 radical (unpaired) electrons. The number of nitrogen functional groups attached to an aromatic ring is 2. The highest BCUT2D eigenvalue weighted by atomic mass is 19.1. The monoisotopic (exact) mass is 338 g/mol. The van der Waals surface area contributed by atoms with E-state index in [9.17, 15) is 4.39 Å². The summed E-state index contributed by atoms with van der Waals surface area (Å²) in [6.45, 7) is 1.84. The predicted octanol–water partition coefficient (Wildman–Crippen LogP) is 2.59. The zero-order chi connectivity index (χ0) is 17.6. The highest BCUT2D eigenvalue weighted by Gasteiger charge is 2.16. The smallest absolute Gasteiger partial charge is 0.224 e. The van der Waals surface area contributed by atoms with Gasteiger partial charge < -0.3 is 15.9 Å². The lowest BCUT2D eigenvalue weighted by atomic mass is 10.1. The van der Waals surface area contributed by atoms with Crippen LogP contribution in [0.3, 0.4) is 0 Å². The molecular formula is C17H15FN6O. The molecule has 3 heterocycles. The average molecular weight is 338 g/mol. The molecule has 0 fully saturated rings. The summed E-state index contributed by atoms with van der Waals surface area (Å²) in [6, 6.07) is 8.34. The van der Waals surface area contributed by atoms with Gasteiger partial charge in [0.2, 0.25) is 11.8 Å². The Bertz CT molecular complexity index is 1080. The van der Waals surface area contributed by atoms with Crippen LogP contribution in [0.4, 0.5) is 16.0 Å². The summed E-state index contributed by atoms with van der Waals surface area (Å²) in [5, 5.41) is 4.34. The minimum Gasteiger partial charge on any atom is -0.458 e. The van der Waals surface area contributed by atoms with Crippen LogP contribution in [0, 0.1) is 12.7 Å². The molecule has 0 unspecified atom stereocenters. The zero-order valence-corrected chi connectivity index (χ0v) is 13.4. The number of hydrogen-bond acceptors (Lipinski definition) is 6. The summed E-state index contributed by atoms with van der Waals surface area (Å²) < 4.78 is 20.9. The maximum absolute atomic E-state index is 13.7. The highest BCUT2D eigenvalue weighted by Crippen LogP contribution is 2.24. The first kappa shape index (κ1) is 15.1. The summed E-state index contributed by atoms with van der Waals surface area (Å²) >= 11 is 0. The van der Waals surface area contributed by atoms with Crippen LogP contribution < -0.4 is 11.5 Å². The molecule has 0 aliphatic rings. The van der Waals surface area contributed by atoms with Gasteiger partial charge in [-0.1, -0.05) is 6.07 Å². The number of rotatable bonds is 3. The summed E-state index contributed by atoms with van der Waals surface area (Å²) in [4.78, 5) is 8.50. The van der Waals surface area contributed by atoms with Crippen LogP contribution in [0.15, 0.2) is 40.9 Å². The first-order valence-electron chi connectivity index (χ1n) is 7.62. The number of halogens is 1. The summed E-state index contributed by atoms with van der Waals surface area (Å²) in [7, 11) is 0. The first-order chi connectivity index (χ1) is 12.0. The third-order valence-corrected chi connectivity index (χ3v) is 3.88. The Balaban J connectivity index is 1.81. The fraction of sp³-hybridized carbons (Fsp3) is 0.118. The Morgan fingerprint density at radius 2 is 2.00 bits per heavy atom. The van der Waals surface area contributed by atoms with E-state index >= 15 is 0 Å². The van der Waals surface area contributed by atoms with E-state index < -0.39 is 5.82 Å². The molecule has 4 aromatic rings. The molecule has 0 atom stereocenters. The van der Waals surface area contributed by atoms with Crippen LogP contribution >= 0.6 is 0 Å². The van der Waals surface area contributed by atoms with Crippen molar-refractivity contribution >= 4 is 17.3 Å². The SMILES string of the molecule is Cc1ccc(-c2nc(N)nc3c(Cc4ccc(N)c(F)c4)cnn23)o1. The molecule has 3 aromatic heterocycles. The van der Waals surface area contributed by atoms with E-state index in [1.807, 2.05) is 13.0 Å². The molecule has 0 aliphatic carbocycles. The summed E-state index contributed by atoms with van der Waals surface area (Å²) in [6.07, 6.45) is 2.10. The zero-order valence-electron chi connectivity index (χ0n) is 13.4. The second-order valence-electron chi connectivity index (χ2n) is 5.75. The molecule has 0 saturated heterocycles. The highest BCUT2D eigenvalue weighted by molar-refractivity contribution is 5.59. The average Bonchev–Trinajstić information content (AvgIpc) is 3.17. The van der Waals surface area contributed by atoms with E-state index in [4.69, 9.17) is 15.9 Å². The Labute approximate surface area is 142 Å². The van der Waals surface area contributed by atoms with E-state index in [1.54, 1.807) is 22.8 Å². The van der Waals surface area contributed by atoms with Crippen molar-refractivity contribution in [2.45, 2.75) is 13.3 Å². The van der Waals surface area contributed by atoms with Gasteiger partial charge in [-0.3, -0.25) is 0 Å². The minimum absolute atomic E-state index is 0.113. The van der Waals surface area contributed by atoms with E-state index in [0.29, 0.717) is 23.7 Å². The van der Waals surface area contributed by atoms with E-state index in [2.05, 4.69) is 15.1 Å². The number of aromatic nitrogens is 4. The van der Waals surface area contributed by atoms with Crippen LogP contribution in [0.25, 0.3) is 17.2 Å². The third-order valence-electron chi connectivity index (χ3n) is 3.88. The Morgan fingerprint density at radius 3 is 2.72 bits per heavy atom. The van der Waals surface area contributed by atoms with E-state index in [1.165, 1.54) is 12.1 Å². The molecule has 0 spiro atoms. The second-order valence-corrected chi connectivity index (χ2v) is 5.75. The molecule has 1 aromatic carbocycles. The largest absolute Gasteiger partial charge is 0.458 e. The van der Waals surface area contributed by atoms with Gasteiger partial charge in [0.05, 0.1) is 11.9 Å². The van der Waals surface area contributed by atoms with Crippen molar-refractivity contribution < 1.29 is 8.81 Å². The van der Waals surface area contributed by atoms with Gasteiger partial charge >= 0.3 is 0 Å². The lowest BCUT2D eigenvalue weighted by Crippen LogP contribution is -2.05. The molecule has 8 heteroatoms. The number of aryl methyl sites for hydroxylation is 1. The van der Waals surface area contributed by atoms with Crippen molar-refractivity contribution in [1.82, 2.24) is 19.6 Å². The van der Waals surface area contributed by atoms with Crippen LogP contribution in [-0.2, 0) is 6.42 Å². The maximum Gasteiger partial charge on any atom is 0.224 e. The van der Waals surface area contributed by atoms with Crippen molar-refractivity contribution in [3.05, 3.63) is 59.2 Å². The lowest BCUT2D eigenvalue weighted by Gasteiger charge is -2.04. The fourth-order valence-electron chi connectivity index (χ4n) is 2.68. The Hall–Kier alpha value is -3.42. The molecule has 0 aliphatic heterocycles. The van der Waals surface area contributed by atoms with Gasteiger partial charge in [0.25, 0.3) is 0 Å². The molecule has 0 saturated carbocycles. The van der Waals surface area contributed by atoms with Crippen LogP contribution in [0.1, 0.15) is 16.9 Å². The van der Waals surface area contributed by atoms with Crippen LogP contribution in [0.5, 0.6) is 0 Å². The van der Waals surface area contributed by atoms with Gasteiger partial charge in [-0.05, 0) is 36.8 Å². The summed E-state index contributed by atoms with van der Waals surface area (Å²) in [5.41, 5.74) is 13.6. The summed E-state index contributed by atoms with van der Waals surface area (Å²) in [5.74, 6) is 1.43. The second kappa shape index (κ2) is 5.59. The Morgan fingerprint density at radius 1 is 1.16 bits per heavy atom. The lowest BCUT2D eigenvalue weighted by molar-refractivity contribution is 0.541. The van der Waals surface area contributed by atoms with Crippen molar-refractivity contribution in [2.75, 3.05) is 11.5 Å². The maximum atomic E-state index is 13.7. The van der Waals surface area contributed by atoms with Gasteiger partial charge in [0, 0.05) is 12.0 Å². The number of nitrogens with zero attached hydrogens (tertiary/aromatic N) is 4. The number of fused-ring (bicyclic) bond motifs is 1. The van der Waals surface area contributed by atoms with Crippen molar-refractivity contribution in [2.24, 2.45) is 0 Å². The fourth-order valence-corrected chi connectivity index (χ4v) is 2.68. The Kier molecular flexibility index (Phi) is 3.38. The molecule has 4 rings (SSSR count). The topological polar surface area (TPSA) is 108 Å². The molecule has 0 bridgehead atoms.